The van der Waals surface area contributed by atoms with Crippen LogP contribution in [0.5, 0.6) is 0 Å². The highest BCUT2D eigenvalue weighted by Gasteiger charge is 2.31. The third-order valence-corrected chi connectivity index (χ3v) is 6.36. The van der Waals surface area contributed by atoms with Crippen molar-refractivity contribution in [3.63, 3.8) is 0 Å². The van der Waals surface area contributed by atoms with Gasteiger partial charge in [0.25, 0.3) is 0 Å². The van der Waals surface area contributed by atoms with Crippen LogP contribution in [0.2, 0.25) is 0 Å². The molecule has 4 heteroatoms. The van der Waals surface area contributed by atoms with Crippen molar-refractivity contribution < 1.29 is 4.42 Å². The van der Waals surface area contributed by atoms with Crippen LogP contribution in [0.4, 0.5) is 0 Å². The zero-order chi connectivity index (χ0) is 10.8. The van der Waals surface area contributed by atoms with Gasteiger partial charge in [-0.2, -0.15) is 23.5 Å². The van der Waals surface area contributed by atoms with Crippen LogP contribution in [-0.2, 0) is 0 Å². The monoisotopic (exact) mass is 243 g/mol. The van der Waals surface area contributed by atoms with Gasteiger partial charge >= 0.3 is 0 Å². The average molecular weight is 243 g/mol. The van der Waals surface area contributed by atoms with Gasteiger partial charge in [0, 0.05) is 21.5 Å². The molecule has 2 heterocycles. The third kappa shape index (κ3) is 2.55. The summed E-state index contributed by atoms with van der Waals surface area (Å²) in [5, 5.41) is 1.89. The number of furan rings is 1. The van der Waals surface area contributed by atoms with Gasteiger partial charge in [0.2, 0.25) is 0 Å². The molecule has 1 aliphatic heterocycles. The maximum absolute atomic E-state index is 6.19. The molecule has 0 aromatic carbocycles. The summed E-state index contributed by atoms with van der Waals surface area (Å²) < 4.78 is 5.36. The maximum atomic E-state index is 6.19. The fourth-order valence-electron chi connectivity index (χ4n) is 1.66. The lowest BCUT2D eigenvalue weighted by atomic mass is 10.2. The van der Waals surface area contributed by atoms with E-state index < -0.39 is 0 Å². The first-order valence-corrected chi connectivity index (χ1v) is 7.23. The average Bonchev–Trinajstić information content (AvgIpc) is 2.74. The molecule has 15 heavy (non-hydrogen) atoms. The van der Waals surface area contributed by atoms with Crippen LogP contribution in [0.15, 0.2) is 22.8 Å². The summed E-state index contributed by atoms with van der Waals surface area (Å²) in [6.45, 7) is 4.57. The summed E-state index contributed by atoms with van der Waals surface area (Å²) in [5.41, 5.74) is 6.19. The summed E-state index contributed by atoms with van der Waals surface area (Å²) >= 11 is 4.01. The molecule has 1 aromatic heterocycles. The van der Waals surface area contributed by atoms with Gasteiger partial charge in [0.15, 0.2) is 0 Å². The molecule has 0 amide bonds. The largest absolute Gasteiger partial charge is 0.468 e. The zero-order valence-electron chi connectivity index (χ0n) is 9.05. The lowest BCUT2D eigenvalue weighted by Gasteiger charge is -2.33. The Balaban J connectivity index is 2.00. The number of rotatable bonds is 2. The topological polar surface area (TPSA) is 39.2 Å². The number of hydrogen-bond acceptors (Lipinski definition) is 4. The molecule has 4 atom stereocenters. The molecule has 0 radical (unpaired) electrons. The van der Waals surface area contributed by atoms with E-state index in [1.165, 1.54) is 0 Å². The normalized spacial score (nSPS) is 33.9. The summed E-state index contributed by atoms with van der Waals surface area (Å²) in [7, 11) is 0. The summed E-state index contributed by atoms with van der Waals surface area (Å²) in [5.74, 6) is 2.03. The predicted octanol–water partition coefficient (Wildman–Crippen LogP) is 2.91. The highest BCUT2D eigenvalue weighted by molar-refractivity contribution is 8.07. The Morgan fingerprint density at radius 2 is 2.27 bits per heavy atom. The Morgan fingerprint density at radius 3 is 2.87 bits per heavy atom. The molecule has 0 spiro atoms. The van der Waals surface area contributed by atoms with Crippen molar-refractivity contribution in [2.75, 3.05) is 5.75 Å². The van der Waals surface area contributed by atoms with Crippen LogP contribution < -0.4 is 5.73 Å². The minimum Gasteiger partial charge on any atom is -0.468 e. The first-order chi connectivity index (χ1) is 7.18. The quantitative estimate of drug-likeness (QED) is 0.867. The van der Waals surface area contributed by atoms with Crippen LogP contribution in [0, 0.1) is 0 Å². The van der Waals surface area contributed by atoms with E-state index in [9.17, 15) is 0 Å². The number of nitrogens with two attached hydrogens (primary N) is 1. The number of hydrogen-bond donors (Lipinski definition) is 1. The third-order valence-electron chi connectivity index (χ3n) is 2.85. The molecule has 1 saturated heterocycles. The molecule has 1 aliphatic rings. The lowest BCUT2D eigenvalue weighted by Crippen LogP contribution is -2.33. The second-order valence-corrected chi connectivity index (χ2v) is 6.99. The molecule has 2 N–H and O–H groups in total. The zero-order valence-corrected chi connectivity index (χ0v) is 10.7. The number of thioether (sulfide) groups is 2. The Kier molecular flexibility index (Phi) is 3.69. The fraction of sp³-hybridized carbons (Fsp3) is 0.636. The van der Waals surface area contributed by atoms with E-state index in [4.69, 9.17) is 10.2 Å². The van der Waals surface area contributed by atoms with E-state index in [0.717, 1.165) is 16.8 Å². The lowest BCUT2D eigenvalue weighted by molar-refractivity contribution is 0.464. The first-order valence-electron chi connectivity index (χ1n) is 5.24. The molecular weight excluding hydrogens is 226 g/mol. The van der Waals surface area contributed by atoms with Crippen LogP contribution >= 0.6 is 23.5 Å². The summed E-state index contributed by atoms with van der Waals surface area (Å²) in [4.78, 5) is 0. The van der Waals surface area contributed by atoms with Crippen LogP contribution in [0.25, 0.3) is 0 Å². The van der Waals surface area contributed by atoms with Gasteiger partial charge in [0.1, 0.15) is 5.76 Å². The smallest absolute Gasteiger partial charge is 0.121 e. The van der Waals surface area contributed by atoms with E-state index in [-0.39, 0.29) is 6.04 Å². The SMILES string of the molecule is CC1SCC(C(N)c2ccco2)SC1C. The van der Waals surface area contributed by atoms with Crippen molar-refractivity contribution >= 4 is 23.5 Å². The Labute approximate surface area is 99.4 Å². The standard InChI is InChI=1S/C11H17NOS2/c1-7-8(2)15-10(6-14-7)11(12)9-4-3-5-13-9/h3-5,7-8,10-11H,6,12H2,1-2H3. The van der Waals surface area contributed by atoms with Crippen molar-refractivity contribution in [1.29, 1.82) is 0 Å². The van der Waals surface area contributed by atoms with E-state index in [2.05, 4.69) is 13.8 Å². The van der Waals surface area contributed by atoms with E-state index >= 15 is 0 Å². The van der Waals surface area contributed by atoms with E-state index in [1.54, 1.807) is 6.26 Å². The first kappa shape index (κ1) is 11.4. The van der Waals surface area contributed by atoms with Gasteiger partial charge in [-0.1, -0.05) is 13.8 Å². The molecule has 2 nitrogen and oxygen atoms in total. The minimum absolute atomic E-state index is 0.0347. The second-order valence-electron chi connectivity index (χ2n) is 3.96. The van der Waals surface area contributed by atoms with Gasteiger partial charge in [0.05, 0.1) is 12.3 Å². The van der Waals surface area contributed by atoms with Gasteiger partial charge in [-0.3, -0.25) is 0 Å². The summed E-state index contributed by atoms with van der Waals surface area (Å²) in [6.07, 6.45) is 1.70. The molecule has 4 unspecified atom stereocenters. The molecular formula is C11H17NOS2. The van der Waals surface area contributed by atoms with Crippen molar-refractivity contribution in [1.82, 2.24) is 0 Å². The van der Waals surface area contributed by atoms with Gasteiger partial charge in [-0.25, -0.2) is 0 Å². The highest BCUT2D eigenvalue weighted by Crippen LogP contribution is 2.40. The maximum Gasteiger partial charge on any atom is 0.121 e. The molecule has 84 valence electrons. The van der Waals surface area contributed by atoms with Crippen LogP contribution in [-0.4, -0.2) is 21.5 Å². The van der Waals surface area contributed by atoms with Gasteiger partial charge in [-0.15, -0.1) is 0 Å². The molecule has 0 aliphatic carbocycles. The van der Waals surface area contributed by atoms with Crippen LogP contribution in [0.1, 0.15) is 25.6 Å². The van der Waals surface area contributed by atoms with Crippen molar-refractivity contribution in [3.8, 4) is 0 Å². The summed E-state index contributed by atoms with van der Waals surface area (Å²) in [6, 6.07) is 3.91. The van der Waals surface area contributed by atoms with Crippen molar-refractivity contribution in [2.45, 2.75) is 35.6 Å². The highest BCUT2D eigenvalue weighted by atomic mass is 32.2. The molecule has 2 rings (SSSR count). The van der Waals surface area contributed by atoms with E-state index in [1.807, 2.05) is 35.7 Å². The molecule has 0 saturated carbocycles. The van der Waals surface area contributed by atoms with Crippen molar-refractivity contribution in [3.05, 3.63) is 24.2 Å². The van der Waals surface area contributed by atoms with E-state index in [0.29, 0.717) is 10.5 Å². The fourth-order valence-corrected chi connectivity index (χ4v) is 4.69. The van der Waals surface area contributed by atoms with Crippen LogP contribution in [0.3, 0.4) is 0 Å². The minimum atomic E-state index is 0.0347. The molecule has 0 bridgehead atoms. The predicted molar refractivity (Wildman–Crippen MR) is 68.4 cm³/mol. The Hall–Kier alpha value is -0.0600. The van der Waals surface area contributed by atoms with Gasteiger partial charge in [-0.05, 0) is 12.1 Å². The molecule has 1 aromatic rings. The Bertz CT molecular complexity index is 302. The Morgan fingerprint density at radius 1 is 1.47 bits per heavy atom. The second kappa shape index (κ2) is 4.85. The van der Waals surface area contributed by atoms with Crippen molar-refractivity contribution in [2.24, 2.45) is 5.73 Å². The molecule has 1 fully saturated rings. The van der Waals surface area contributed by atoms with Gasteiger partial charge < -0.3 is 10.2 Å².